The maximum Gasteiger partial charge on any atom is 0.407 e. The van der Waals surface area contributed by atoms with E-state index in [1.165, 1.54) is 14.2 Å². The van der Waals surface area contributed by atoms with Crippen LogP contribution in [0.2, 0.25) is 0 Å². The molecule has 23 heavy (non-hydrogen) atoms. The molecule has 0 aromatic heterocycles. The van der Waals surface area contributed by atoms with Gasteiger partial charge in [0.1, 0.15) is 29.3 Å². The normalized spacial score (nSPS) is 13.9. The number of ether oxygens (including phenoxy) is 3. The zero-order valence-electron chi connectivity index (χ0n) is 14.1. The van der Waals surface area contributed by atoms with Gasteiger partial charge in [-0.1, -0.05) is 0 Å². The largest absolute Gasteiger partial charge is 0.497 e. The Balaban J connectivity index is 2.70. The summed E-state index contributed by atoms with van der Waals surface area (Å²) in [6.45, 7) is 5.05. The van der Waals surface area contributed by atoms with Crippen LogP contribution < -0.4 is 14.8 Å². The van der Waals surface area contributed by atoms with Crippen molar-refractivity contribution in [3.05, 3.63) is 23.8 Å². The van der Waals surface area contributed by atoms with Gasteiger partial charge in [0, 0.05) is 18.2 Å². The first kappa shape index (κ1) is 19.1. The first-order valence-electron chi connectivity index (χ1n) is 7.23. The summed E-state index contributed by atoms with van der Waals surface area (Å²) < 4.78 is 15.3. The third kappa shape index (κ3) is 5.96. The lowest BCUT2D eigenvalue weighted by molar-refractivity contribution is 0.0119. The Kier molecular flexibility index (Phi) is 6.65. The predicted molar refractivity (Wildman–Crippen MR) is 84.7 cm³/mol. The van der Waals surface area contributed by atoms with Crippen molar-refractivity contribution in [3.63, 3.8) is 0 Å². The average Bonchev–Trinajstić information content (AvgIpc) is 2.49. The summed E-state index contributed by atoms with van der Waals surface area (Å²) in [6, 6.07) is 4.85. The van der Waals surface area contributed by atoms with Crippen molar-refractivity contribution >= 4 is 6.09 Å². The molecule has 1 aromatic rings. The van der Waals surface area contributed by atoms with Gasteiger partial charge in [0.2, 0.25) is 0 Å². The van der Waals surface area contributed by atoms with E-state index in [1.807, 2.05) is 0 Å². The zero-order valence-corrected chi connectivity index (χ0v) is 14.1. The standard InChI is InChI=1S/C16H25NO6/c1-16(2,3)23-15(20)17-9-12(18)14(19)11-7-6-10(21-4)8-13(11)22-5/h6-8,12,14,18-19H,9H2,1-5H3,(H,17,20). The smallest absolute Gasteiger partial charge is 0.407 e. The summed E-state index contributed by atoms with van der Waals surface area (Å²) in [5.41, 5.74) is -0.237. The second-order valence-electron chi connectivity index (χ2n) is 6.00. The third-order valence-corrected chi connectivity index (χ3v) is 2.98. The van der Waals surface area contributed by atoms with Gasteiger partial charge in [-0.15, -0.1) is 0 Å². The number of nitrogens with one attached hydrogen (secondary N) is 1. The molecule has 0 saturated heterocycles. The molecule has 0 aliphatic carbocycles. The Labute approximate surface area is 136 Å². The van der Waals surface area contributed by atoms with E-state index in [0.29, 0.717) is 17.1 Å². The number of alkyl carbamates (subject to hydrolysis) is 1. The van der Waals surface area contributed by atoms with E-state index in [4.69, 9.17) is 14.2 Å². The second-order valence-corrected chi connectivity index (χ2v) is 6.00. The lowest BCUT2D eigenvalue weighted by Gasteiger charge is -2.23. The van der Waals surface area contributed by atoms with Crippen LogP contribution in [0.5, 0.6) is 11.5 Å². The van der Waals surface area contributed by atoms with Crippen molar-refractivity contribution in [2.24, 2.45) is 0 Å². The van der Waals surface area contributed by atoms with Crippen LogP contribution in [0, 0.1) is 0 Å². The molecule has 0 fully saturated rings. The molecule has 0 bridgehead atoms. The molecule has 0 aliphatic rings. The number of carbonyl (C=O) groups is 1. The summed E-state index contributed by atoms with van der Waals surface area (Å²) in [7, 11) is 2.97. The van der Waals surface area contributed by atoms with Crippen LogP contribution in [0.25, 0.3) is 0 Å². The minimum atomic E-state index is -1.23. The monoisotopic (exact) mass is 327 g/mol. The summed E-state index contributed by atoms with van der Waals surface area (Å²) in [4.78, 5) is 11.6. The van der Waals surface area contributed by atoms with Crippen molar-refractivity contribution in [3.8, 4) is 11.5 Å². The highest BCUT2D eigenvalue weighted by Crippen LogP contribution is 2.30. The first-order valence-corrected chi connectivity index (χ1v) is 7.23. The highest BCUT2D eigenvalue weighted by molar-refractivity contribution is 5.67. The van der Waals surface area contributed by atoms with Crippen molar-refractivity contribution in [1.82, 2.24) is 5.32 Å². The molecule has 2 atom stereocenters. The van der Waals surface area contributed by atoms with Crippen LogP contribution in [0.4, 0.5) is 4.79 Å². The molecule has 0 aliphatic heterocycles. The Morgan fingerprint density at radius 2 is 1.87 bits per heavy atom. The Morgan fingerprint density at radius 3 is 2.39 bits per heavy atom. The fourth-order valence-electron chi connectivity index (χ4n) is 1.88. The Morgan fingerprint density at radius 1 is 1.22 bits per heavy atom. The average molecular weight is 327 g/mol. The summed E-state index contributed by atoms with van der Waals surface area (Å²) in [6.07, 6.45) is -3.11. The topological polar surface area (TPSA) is 97.2 Å². The molecule has 130 valence electrons. The van der Waals surface area contributed by atoms with E-state index in [9.17, 15) is 15.0 Å². The summed E-state index contributed by atoms with van der Waals surface area (Å²) >= 11 is 0. The number of hydrogen-bond acceptors (Lipinski definition) is 6. The van der Waals surface area contributed by atoms with Gasteiger partial charge in [0.15, 0.2) is 0 Å². The number of rotatable bonds is 6. The molecular weight excluding hydrogens is 302 g/mol. The zero-order chi connectivity index (χ0) is 17.6. The van der Waals surface area contributed by atoms with E-state index in [0.717, 1.165) is 0 Å². The van der Waals surface area contributed by atoms with Crippen molar-refractivity contribution in [2.75, 3.05) is 20.8 Å². The van der Waals surface area contributed by atoms with Crippen LogP contribution in [0.3, 0.4) is 0 Å². The molecule has 1 amide bonds. The van der Waals surface area contributed by atoms with E-state index < -0.39 is 23.9 Å². The van der Waals surface area contributed by atoms with Gasteiger partial charge in [0.25, 0.3) is 0 Å². The van der Waals surface area contributed by atoms with Crippen molar-refractivity contribution < 1.29 is 29.2 Å². The van der Waals surface area contributed by atoms with Gasteiger partial charge in [-0.05, 0) is 32.9 Å². The number of methoxy groups -OCH3 is 2. The maximum absolute atomic E-state index is 11.6. The molecule has 1 aromatic carbocycles. The van der Waals surface area contributed by atoms with E-state index in [2.05, 4.69) is 5.32 Å². The Bertz CT molecular complexity index is 526. The number of benzene rings is 1. The molecule has 3 N–H and O–H groups in total. The second kappa shape index (κ2) is 8.03. The fraction of sp³-hybridized carbons (Fsp3) is 0.562. The van der Waals surface area contributed by atoms with Gasteiger partial charge in [-0.3, -0.25) is 0 Å². The Hall–Kier alpha value is -1.99. The number of hydrogen-bond donors (Lipinski definition) is 3. The van der Waals surface area contributed by atoms with Gasteiger partial charge >= 0.3 is 6.09 Å². The molecule has 7 nitrogen and oxygen atoms in total. The van der Waals surface area contributed by atoms with Crippen LogP contribution in [-0.2, 0) is 4.74 Å². The van der Waals surface area contributed by atoms with Crippen LogP contribution in [-0.4, -0.2) is 48.8 Å². The van der Waals surface area contributed by atoms with Gasteiger partial charge in [-0.2, -0.15) is 0 Å². The number of amides is 1. The van der Waals surface area contributed by atoms with Crippen LogP contribution in [0.15, 0.2) is 18.2 Å². The van der Waals surface area contributed by atoms with Crippen molar-refractivity contribution in [2.45, 2.75) is 38.6 Å². The molecule has 2 unspecified atom stereocenters. The molecule has 0 radical (unpaired) electrons. The van der Waals surface area contributed by atoms with Crippen molar-refractivity contribution in [1.29, 1.82) is 0 Å². The quantitative estimate of drug-likeness (QED) is 0.735. The highest BCUT2D eigenvalue weighted by atomic mass is 16.6. The summed E-state index contributed by atoms with van der Waals surface area (Å²) in [5.74, 6) is 0.951. The van der Waals surface area contributed by atoms with Gasteiger partial charge in [-0.25, -0.2) is 4.79 Å². The third-order valence-electron chi connectivity index (χ3n) is 2.98. The number of aliphatic hydroxyl groups excluding tert-OH is 2. The molecule has 1 rings (SSSR count). The molecule has 0 heterocycles. The first-order chi connectivity index (χ1) is 10.7. The minimum absolute atomic E-state index is 0.161. The SMILES string of the molecule is COc1ccc(C(O)C(O)CNC(=O)OC(C)(C)C)c(OC)c1. The van der Waals surface area contributed by atoms with E-state index in [-0.39, 0.29) is 6.54 Å². The van der Waals surface area contributed by atoms with Crippen LogP contribution >= 0.6 is 0 Å². The van der Waals surface area contributed by atoms with E-state index >= 15 is 0 Å². The van der Waals surface area contributed by atoms with Gasteiger partial charge in [0.05, 0.1) is 14.2 Å². The predicted octanol–water partition coefficient (Wildman–Crippen LogP) is 1.62. The molecule has 0 spiro atoms. The lowest BCUT2D eigenvalue weighted by atomic mass is 10.0. The number of aliphatic hydroxyl groups is 2. The maximum atomic E-state index is 11.6. The lowest BCUT2D eigenvalue weighted by Crippen LogP contribution is -2.38. The van der Waals surface area contributed by atoms with E-state index in [1.54, 1.807) is 39.0 Å². The molecule has 0 saturated carbocycles. The fourth-order valence-corrected chi connectivity index (χ4v) is 1.88. The van der Waals surface area contributed by atoms with Crippen LogP contribution in [0.1, 0.15) is 32.4 Å². The highest BCUT2D eigenvalue weighted by Gasteiger charge is 2.24. The summed E-state index contributed by atoms with van der Waals surface area (Å²) in [5, 5.41) is 22.7. The molecular formula is C16H25NO6. The van der Waals surface area contributed by atoms with Gasteiger partial charge < -0.3 is 29.7 Å². The molecule has 7 heteroatoms. The minimum Gasteiger partial charge on any atom is -0.497 e. The number of carbonyl (C=O) groups excluding carboxylic acids is 1.